The minimum Gasteiger partial charge on any atom is -0.484 e. The SMILES string of the molecule is COC(=O)C1=CC(Cl)CN=C1Nc1ccc2c(ccn2Cc2cccc(OCC(F)(F)F)c2)c1. The van der Waals surface area contributed by atoms with E-state index in [1.807, 2.05) is 41.1 Å². The van der Waals surface area contributed by atoms with E-state index in [2.05, 4.69) is 10.3 Å². The van der Waals surface area contributed by atoms with Gasteiger partial charge in [-0.2, -0.15) is 13.2 Å². The minimum absolute atomic E-state index is 0.166. The van der Waals surface area contributed by atoms with Gasteiger partial charge in [-0.3, -0.25) is 4.99 Å². The van der Waals surface area contributed by atoms with Crippen LogP contribution >= 0.6 is 11.6 Å². The number of fused-ring (bicyclic) bond motifs is 1. The highest BCUT2D eigenvalue weighted by atomic mass is 35.5. The van der Waals surface area contributed by atoms with Crippen molar-refractivity contribution in [2.45, 2.75) is 18.1 Å². The number of amidine groups is 1. The number of rotatable bonds is 6. The van der Waals surface area contributed by atoms with Crippen molar-refractivity contribution >= 4 is 40.0 Å². The molecule has 0 amide bonds. The van der Waals surface area contributed by atoms with Crippen molar-refractivity contribution in [2.75, 3.05) is 25.6 Å². The fourth-order valence-electron chi connectivity index (χ4n) is 3.61. The van der Waals surface area contributed by atoms with E-state index in [1.54, 1.807) is 18.2 Å². The third-order valence-electron chi connectivity index (χ3n) is 5.12. The molecule has 1 N–H and O–H groups in total. The Hall–Kier alpha value is -3.46. The molecule has 1 unspecified atom stereocenters. The van der Waals surface area contributed by atoms with Crippen molar-refractivity contribution in [1.82, 2.24) is 4.57 Å². The summed E-state index contributed by atoms with van der Waals surface area (Å²) in [4.78, 5) is 16.4. The first-order valence-corrected chi connectivity index (χ1v) is 10.8. The molecule has 0 bridgehead atoms. The largest absolute Gasteiger partial charge is 0.484 e. The number of aliphatic imine (C=N–C) groups is 1. The Kier molecular flexibility index (Phi) is 6.83. The van der Waals surface area contributed by atoms with Gasteiger partial charge in [0.15, 0.2) is 6.61 Å². The number of anilines is 1. The molecule has 2 aromatic carbocycles. The van der Waals surface area contributed by atoms with Crippen molar-refractivity contribution in [3.63, 3.8) is 0 Å². The van der Waals surface area contributed by atoms with Gasteiger partial charge in [-0.25, -0.2) is 4.79 Å². The van der Waals surface area contributed by atoms with Crippen LogP contribution in [0.3, 0.4) is 0 Å². The number of carbonyl (C=O) groups is 1. The lowest BCUT2D eigenvalue weighted by Crippen LogP contribution is -2.27. The lowest BCUT2D eigenvalue weighted by atomic mass is 10.1. The highest BCUT2D eigenvalue weighted by molar-refractivity contribution is 6.28. The molecular formula is C24H21ClF3N3O3. The number of nitrogens with one attached hydrogen (secondary N) is 1. The fraction of sp³-hybridized carbons (Fsp3) is 0.250. The van der Waals surface area contributed by atoms with Crippen LogP contribution in [0.15, 0.2) is 71.4 Å². The standard InChI is InChI=1S/C24H21ClF3N3O3/c1-33-23(32)20-11-17(25)12-29-22(20)30-18-5-6-21-16(10-18)7-8-31(21)13-15-3-2-4-19(9-15)34-14-24(26,27)28/h2-11,17H,12-14H2,1H3,(H,29,30). The molecule has 1 atom stereocenters. The summed E-state index contributed by atoms with van der Waals surface area (Å²) < 4.78 is 48.9. The maximum atomic E-state index is 12.4. The maximum Gasteiger partial charge on any atom is 0.422 e. The van der Waals surface area contributed by atoms with Gasteiger partial charge in [-0.1, -0.05) is 12.1 Å². The number of nitrogens with zero attached hydrogens (tertiary/aromatic N) is 2. The summed E-state index contributed by atoms with van der Waals surface area (Å²) in [5.41, 5.74) is 2.75. The van der Waals surface area contributed by atoms with Gasteiger partial charge in [0.25, 0.3) is 0 Å². The number of dihydropyridines is 1. The molecule has 178 valence electrons. The zero-order valence-corrected chi connectivity index (χ0v) is 18.9. The Bertz CT molecular complexity index is 1270. The van der Waals surface area contributed by atoms with Gasteiger partial charge >= 0.3 is 12.1 Å². The molecule has 3 aromatic rings. The van der Waals surface area contributed by atoms with Crippen LogP contribution in [0.2, 0.25) is 0 Å². The number of methoxy groups -OCH3 is 1. The van der Waals surface area contributed by atoms with Gasteiger partial charge in [0, 0.05) is 29.3 Å². The summed E-state index contributed by atoms with van der Waals surface area (Å²) in [6.45, 7) is -0.532. The van der Waals surface area contributed by atoms with Crippen LogP contribution in [-0.2, 0) is 16.1 Å². The number of hydrogen-bond acceptors (Lipinski definition) is 5. The topological polar surface area (TPSA) is 64.8 Å². The molecule has 1 aromatic heterocycles. The number of hydrogen-bond donors (Lipinski definition) is 1. The predicted octanol–water partition coefficient (Wildman–Crippen LogP) is 5.16. The van der Waals surface area contributed by atoms with Crippen LogP contribution in [0, 0.1) is 0 Å². The van der Waals surface area contributed by atoms with Crippen molar-refractivity contribution in [1.29, 1.82) is 0 Å². The van der Waals surface area contributed by atoms with E-state index in [9.17, 15) is 18.0 Å². The second-order valence-corrected chi connectivity index (χ2v) is 8.23. The van der Waals surface area contributed by atoms with Crippen LogP contribution < -0.4 is 10.1 Å². The molecule has 10 heteroatoms. The Balaban J connectivity index is 1.50. The number of alkyl halides is 4. The molecule has 2 heterocycles. The zero-order chi connectivity index (χ0) is 24.3. The molecule has 1 aliphatic rings. The molecular weight excluding hydrogens is 471 g/mol. The number of halogens is 4. The average Bonchev–Trinajstić information content (AvgIpc) is 3.20. The van der Waals surface area contributed by atoms with E-state index in [4.69, 9.17) is 21.1 Å². The van der Waals surface area contributed by atoms with Crippen molar-refractivity contribution in [3.8, 4) is 5.75 Å². The van der Waals surface area contributed by atoms with Gasteiger partial charge in [-0.05, 0) is 48.0 Å². The Morgan fingerprint density at radius 2 is 2.06 bits per heavy atom. The van der Waals surface area contributed by atoms with Crippen LogP contribution in [0.5, 0.6) is 5.75 Å². The molecule has 4 rings (SSSR count). The Morgan fingerprint density at radius 3 is 2.82 bits per heavy atom. The van der Waals surface area contributed by atoms with Crippen LogP contribution in [0.25, 0.3) is 10.9 Å². The van der Waals surface area contributed by atoms with Gasteiger partial charge in [0.1, 0.15) is 11.6 Å². The van der Waals surface area contributed by atoms with E-state index < -0.39 is 18.8 Å². The van der Waals surface area contributed by atoms with Gasteiger partial charge < -0.3 is 19.4 Å². The number of ether oxygens (including phenoxy) is 2. The summed E-state index contributed by atoms with van der Waals surface area (Å²) in [6, 6.07) is 14.2. The molecule has 0 aliphatic carbocycles. The van der Waals surface area contributed by atoms with Crippen molar-refractivity contribution in [2.24, 2.45) is 4.99 Å². The predicted molar refractivity (Wildman–Crippen MR) is 125 cm³/mol. The lowest BCUT2D eigenvalue weighted by Gasteiger charge is -2.18. The number of esters is 1. The lowest BCUT2D eigenvalue weighted by molar-refractivity contribution is -0.153. The fourth-order valence-corrected chi connectivity index (χ4v) is 3.80. The minimum atomic E-state index is -4.39. The Labute approximate surface area is 198 Å². The summed E-state index contributed by atoms with van der Waals surface area (Å²) in [5, 5.41) is 3.71. The highest BCUT2D eigenvalue weighted by Gasteiger charge is 2.28. The third-order valence-corrected chi connectivity index (χ3v) is 5.38. The molecule has 0 saturated heterocycles. The first kappa shape index (κ1) is 23.7. The van der Waals surface area contributed by atoms with E-state index >= 15 is 0 Å². The molecule has 34 heavy (non-hydrogen) atoms. The van der Waals surface area contributed by atoms with Crippen LogP contribution in [-0.4, -0.2) is 48.2 Å². The summed E-state index contributed by atoms with van der Waals surface area (Å²) in [7, 11) is 1.30. The molecule has 0 radical (unpaired) electrons. The molecule has 0 fully saturated rings. The van der Waals surface area contributed by atoms with Gasteiger partial charge in [0.05, 0.1) is 24.6 Å². The maximum absolute atomic E-state index is 12.4. The second kappa shape index (κ2) is 9.80. The third kappa shape index (κ3) is 5.72. The van der Waals surface area contributed by atoms with Crippen LogP contribution in [0.1, 0.15) is 5.56 Å². The zero-order valence-electron chi connectivity index (χ0n) is 18.1. The van der Waals surface area contributed by atoms with Crippen molar-refractivity contribution in [3.05, 3.63) is 71.9 Å². The average molecular weight is 492 g/mol. The van der Waals surface area contributed by atoms with Crippen molar-refractivity contribution < 1.29 is 27.4 Å². The summed E-state index contributed by atoms with van der Waals surface area (Å²) in [6.07, 6.45) is -0.876. The van der Waals surface area contributed by atoms with E-state index in [-0.39, 0.29) is 16.7 Å². The smallest absolute Gasteiger partial charge is 0.422 e. The van der Waals surface area contributed by atoms with E-state index in [0.717, 1.165) is 22.2 Å². The quantitative estimate of drug-likeness (QED) is 0.382. The monoisotopic (exact) mass is 491 g/mol. The number of benzene rings is 2. The summed E-state index contributed by atoms with van der Waals surface area (Å²) >= 11 is 6.10. The van der Waals surface area contributed by atoms with Crippen LogP contribution in [0.4, 0.5) is 18.9 Å². The Morgan fingerprint density at radius 1 is 1.24 bits per heavy atom. The first-order valence-electron chi connectivity index (χ1n) is 10.4. The first-order chi connectivity index (χ1) is 16.2. The number of aromatic nitrogens is 1. The van der Waals surface area contributed by atoms with E-state index in [0.29, 0.717) is 18.9 Å². The molecule has 6 nitrogen and oxygen atoms in total. The second-order valence-electron chi connectivity index (χ2n) is 7.67. The van der Waals surface area contributed by atoms with E-state index in [1.165, 1.54) is 13.2 Å². The number of carbonyl (C=O) groups excluding carboxylic acids is 1. The molecule has 1 aliphatic heterocycles. The highest BCUT2D eigenvalue weighted by Crippen LogP contribution is 2.25. The van der Waals surface area contributed by atoms with Gasteiger partial charge in [-0.15, -0.1) is 11.6 Å². The normalized spacial score (nSPS) is 16.1. The molecule has 0 saturated carbocycles. The van der Waals surface area contributed by atoms with Gasteiger partial charge in [0.2, 0.25) is 0 Å². The molecule has 0 spiro atoms. The summed E-state index contributed by atoms with van der Waals surface area (Å²) in [5.74, 6) is 0.0307.